The van der Waals surface area contributed by atoms with Crippen LogP contribution < -0.4 is 0 Å². The molecular formula is C122H80N4. The van der Waals surface area contributed by atoms with Gasteiger partial charge in [0.2, 0.25) is 0 Å². The Kier molecular flexibility index (Phi) is 16.8. The lowest BCUT2D eigenvalue weighted by Crippen LogP contribution is -2.29. The Morgan fingerprint density at radius 2 is 0.429 bits per heavy atom. The van der Waals surface area contributed by atoms with E-state index in [0.29, 0.717) is 0 Å². The predicted molar refractivity (Wildman–Crippen MR) is 527 cm³/mol. The number of fused-ring (bicyclic) bond motifs is 20. The molecule has 0 fully saturated rings. The Bertz CT molecular complexity index is 8290. The van der Waals surface area contributed by atoms with Gasteiger partial charge in [-0.2, -0.15) is 0 Å². The van der Waals surface area contributed by atoms with E-state index >= 15 is 0 Å². The summed E-state index contributed by atoms with van der Waals surface area (Å²) in [6.07, 6.45) is 0. The van der Waals surface area contributed by atoms with E-state index in [0.717, 1.165) is 22.7 Å². The topological polar surface area (TPSA) is 19.7 Å². The van der Waals surface area contributed by atoms with Crippen LogP contribution in [0, 0.1) is 0 Å². The van der Waals surface area contributed by atoms with E-state index in [9.17, 15) is 0 Å². The highest BCUT2D eigenvalue weighted by atomic mass is 15.0. The van der Waals surface area contributed by atoms with Crippen LogP contribution in [0.2, 0.25) is 0 Å². The maximum absolute atomic E-state index is 2.53. The van der Waals surface area contributed by atoms with Gasteiger partial charge in [-0.25, -0.2) is 0 Å². The second-order valence-corrected chi connectivity index (χ2v) is 33.6. The van der Waals surface area contributed by atoms with Crippen LogP contribution in [0.5, 0.6) is 0 Å². The number of hydrogen-bond donors (Lipinski definition) is 0. The van der Waals surface area contributed by atoms with E-state index in [1.807, 2.05) is 0 Å². The lowest BCUT2D eigenvalue weighted by atomic mass is 9.67. The number of para-hydroxylation sites is 4. The first-order valence-electron chi connectivity index (χ1n) is 43.7. The van der Waals surface area contributed by atoms with Crippen LogP contribution in [0.15, 0.2) is 485 Å². The summed E-state index contributed by atoms with van der Waals surface area (Å²) in [6.45, 7) is 0. The molecule has 0 aliphatic heterocycles. The molecule has 4 nitrogen and oxygen atoms in total. The summed E-state index contributed by atoms with van der Waals surface area (Å²) in [5.41, 5.74) is 38.3. The molecule has 0 bridgehead atoms. The summed E-state index contributed by atoms with van der Waals surface area (Å²) in [5.74, 6) is 0. The molecule has 0 N–H and O–H groups in total. The van der Waals surface area contributed by atoms with Gasteiger partial charge in [0.1, 0.15) is 0 Å². The van der Waals surface area contributed by atoms with Gasteiger partial charge in [0, 0.05) is 71.4 Å². The third-order valence-corrected chi connectivity index (χ3v) is 27.2. The number of rotatable bonds is 12. The van der Waals surface area contributed by atoms with Gasteiger partial charge in [-0.05, 0) is 221 Å². The fraction of sp³-hybridized carbons (Fsp3) is 0.0164. The fourth-order valence-corrected chi connectivity index (χ4v) is 21.9. The van der Waals surface area contributed by atoms with Crippen molar-refractivity contribution in [3.63, 3.8) is 0 Å². The maximum Gasteiger partial charge on any atom is 0.0734 e. The third-order valence-electron chi connectivity index (χ3n) is 27.2. The van der Waals surface area contributed by atoms with Gasteiger partial charge in [0.25, 0.3) is 0 Å². The van der Waals surface area contributed by atoms with Gasteiger partial charge in [-0.3, -0.25) is 0 Å². The van der Waals surface area contributed by atoms with Crippen LogP contribution in [-0.2, 0) is 10.8 Å². The van der Waals surface area contributed by atoms with Crippen molar-refractivity contribution in [2.45, 2.75) is 10.8 Å². The van der Waals surface area contributed by atoms with Crippen LogP contribution in [0.3, 0.4) is 0 Å². The van der Waals surface area contributed by atoms with Gasteiger partial charge >= 0.3 is 0 Å². The first-order chi connectivity index (χ1) is 62.5. The first-order valence-corrected chi connectivity index (χ1v) is 43.7. The summed E-state index contributed by atoms with van der Waals surface area (Å²) in [4.78, 5) is 0. The summed E-state index contributed by atoms with van der Waals surface area (Å²) < 4.78 is 9.82. The minimum atomic E-state index is -0.543. The van der Waals surface area contributed by atoms with Crippen molar-refractivity contribution in [3.05, 3.63) is 530 Å². The molecule has 24 aromatic rings. The molecule has 0 unspecified atom stereocenters. The van der Waals surface area contributed by atoms with Crippen LogP contribution in [0.1, 0.15) is 44.5 Å². The van der Waals surface area contributed by atoms with Crippen molar-refractivity contribution >= 4 is 87.2 Å². The highest BCUT2D eigenvalue weighted by molar-refractivity contribution is 6.19. The summed E-state index contributed by atoms with van der Waals surface area (Å²) in [5, 5.41) is 9.99. The smallest absolute Gasteiger partial charge is 0.0734 e. The van der Waals surface area contributed by atoms with E-state index in [4.69, 9.17) is 0 Å². The van der Waals surface area contributed by atoms with E-state index in [1.54, 1.807) is 0 Å². The molecule has 126 heavy (non-hydrogen) atoms. The van der Waals surface area contributed by atoms with Crippen LogP contribution in [0.4, 0.5) is 0 Å². The van der Waals surface area contributed by atoms with Crippen molar-refractivity contribution in [3.8, 4) is 89.5 Å². The average molecular weight is 1600 g/mol. The highest BCUT2D eigenvalue weighted by Gasteiger charge is 2.50. The number of aromatic nitrogens is 4. The Balaban J connectivity index is 0.000000137. The Labute approximate surface area is 730 Å². The minimum absolute atomic E-state index is 0.542. The molecule has 26 rings (SSSR count). The lowest BCUT2D eigenvalue weighted by Gasteiger charge is -2.34. The van der Waals surface area contributed by atoms with E-state index in [2.05, 4.69) is 504 Å². The quantitative estimate of drug-likeness (QED) is 0.116. The molecule has 0 radical (unpaired) electrons. The zero-order chi connectivity index (χ0) is 83.0. The lowest BCUT2D eigenvalue weighted by molar-refractivity contribution is 0.772. The minimum Gasteiger partial charge on any atom is -0.309 e. The monoisotopic (exact) mass is 1600 g/mol. The van der Waals surface area contributed by atoms with E-state index in [-0.39, 0.29) is 0 Å². The van der Waals surface area contributed by atoms with E-state index in [1.165, 1.54) is 198 Å². The zero-order valence-corrected chi connectivity index (χ0v) is 69.0. The maximum atomic E-state index is 2.53. The second kappa shape index (κ2) is 29.2. The van der Waals surface area contributed by atoms with Crippen molar-refractivity contribution < 1.29 is 0 Å². The van der Waals surface area contributed by atoms with Crippen LogP contribution in [-0.4, -0.2) is 18.3 Å². The Morgan fingerprint density at radius 3 is 0.865 bits per heavy atom. The molecule has 2 aliphatic rings. The third kappa shape index (κ3) is 11.0. The number of nitrogens with zero attached hydrogens (tertiary/aromatic N) is 4. The van der Waals surface area contributed by atoms with Crippen molar-refractivity contribution in [2.24, 2.45) is 0 Å². The largest absolute Gasteiger partial charge is 0.309 e. The molecular weight excluding hydrogens is 1520 g/mol. The molecule has 0 atom stereocenters. The second-order valence-electron chi connectivity index (χ2n) is 33.6. The van der Waals surface area contributed by atoms with Gasteiger partial charge in [0.15, 0.2) is 0 Å². The molecule has 0 spiro atoms. The first kappa shape index (κ1) is 72.4. The Hall–Kier alpha value is -16.4. The predicted octanol–water partition coefficient (Wildman–Crippen LogP) is 31.2. The van der Waals surface area contributed by atoms with Crippen LogP contribution in [0.25, 0.3) is 177 Å². The molecule has 2 aliphatic carbocycles. The molecule has 4 heteroatoms. The molecule has 4 aromatic heterocycles. The molecule has 0 amide bonds. The summed E-state index contributed by atoms with van der Waals surface area (Å²) in [7, 11) is 0. The molecule has 0 saturated heterocycles. The van der Waals surface area contributed by atoms with Crippen molar-refractivity contribution in [2.75, 3.05) is 0 Å². The van der Waals surface area contributed by atoms with Gasteiger partial charge in [-0.1, -0.05) is 370 Å². The van der Waals surface area contributed by atoms with Gasteiger partial charge in [0.05, 0.1) is 55.0 Å². The van der Waals surface area contributed by atoms with Crippen molar-refractivity contribution in [1.29, 1.82) is 0 Å². The number of hydrogen-bond acceptors (Lipinski definition) is 0. The normalized spacial score (nSPS) is 12.9. The zero-order valence-electron chi connectivity index (χ0n) is 69.0. The van der Waals surface area contributed by atoms with Gasteiger partial charge in [-0.15, -0.1) is 0 Å². The summed E-state index contributed by atoms with van der Waals surface area (Å²) in [6, 6.07) is 179. The SMILES string of the molecule is c1ccc(-c2ccc(-n3c4ccccc4c4cc(-c5ccc6c(c5)c5c7c(ccc5n6-c5ccccc5)-c5ccccc5C7(c5ccccc5)c5ccccc5)ccc43)cc2)cc1.c1ccc(-c2ccc(-n3c4ccccc4c4cc(-c5ccc6c(c5)c5ccc7c(c5n6-c5ccccc5)C(c5ccccc5)(c5ccccc5)c5ccccc5-7)ccc43)cc2)cc1. The molecule has 0 saturated carbocycles. The number of benzene rings is 20. The molecule has 4 heterocycles. The molecule has 588 valence electrons. The van der Waals surface area contributed by atoms with E-state index < -0.39 is 10.8 Å². The summed E-state index contributed by atoms with van der Waals surface area (Å²) >= 11 is 0. The fourth-order valence-electron chi connectivity index (χ4n) is 21.9. The van der Waals surface area contributed by atoms with Crippen LogP contribution >= 0.6 is 0 Å². The average Bonchev–Trinajstić information content (AvgIpc) is 1.52. The highest BCUT2D eigenvalue weighted by Crippen LogP contribution is 2.62. The van der Waals surface area contributed by atoms with Crippen molar-refractivity contribution in [1.82, 2.24) is 18.3 Å². The Morgan fingerprint density at radius 1 is 0.151 bits per heavy atom. The molecule has 20 aromatic carbocycles. The van der Waals surface area contributed by atoms with Gasteiger partial charge < -0.3 is 18.3 Å². The standard InChI is InChI=1S/2C61H40N2/c1-5-17-41(18-6-1)42-29-33-48(34-30-42)62-56-28-16-14-26-50(56)53-39-43(31-37-57(53)62)44-32-38-58-54(40-44)52-36-35-51-49-25-13-15-27-55(49)61(45-19-7-2-8-20-45,46-21-9-3-10-22-46)59(51)60(52)63(58)47-23-11-4-12-24-47;1-5-17-41(18-6-1)42-29-33-48(34-30-42)62-55-28-16-14-26-50(55)52-39-43(31-36-56(52)62)44-32-37-57-53(40-44)59-58(63(57)47-23-11-4-12-24-47)38-35-51-49-25-13-15-27-54(49)61(60(51)59,45-19-7-2-8-20-45)46-21-9-3-10-22-46/h2*1-40H.